The van der Waals surface area contributed by atoms with Gasteiger partial charge in [-0.05, 0) is 6.42 Å². The zero-order valence-electron chi connectivity index (χ0n) is 8.77. The topological polar surface area (TPSA) is 90.8 Å². The molecule has 88 valence electrons. The van der Waals surface area contributed by atoms with Gasteiger partial charge in [0.25, 0.3) is 0 Å². The zero-order chi connectivity index (χ0) is 11.3. The van der Waals surface area contributed by atoms with E-state index in [9.17, 15) is 4.79 Å². The zero-order valence-corrected chi connectivity index (χ0v) is 8.77. The van der Waals surface area contributed by atoms with Crippen LogP contribution in [0.2, 0.25) is 0 Å². The molecular weight excluding hydrogens is 200 g/mol. The van der Waals surface area contributed by atoms with Gasteiger partial charge in [-0.25, -0.2) is 0 Å². The minimum absolute atomic E-state index is 0.0578. The summed E-state index contributed by atoms with van der Waals surface area (Å²) in [4.78, 5) is 11.6. The number of nitrogens with one attached hydrogen (secondary N) is 2. The first kappa shape index (κ1) is 12.4. The molecule has 0 aromatic carbocycles. The second-order valence-electron chi connectivity index (χ2n) is 3.62. The fourth-order valence-electron chi connectivity index (χ4n) is 1.53. The molecule has 0 saturated carbocycles. The molecule has 0 spiro atoms. The Morgan fingerprint density at radius 2 is 2.27 bits per heavy atom. The van der Waals surface area contributed by atoms with Gasteiger partial charge in [0, 0.05) is 13.7 Å². The van der Waals surface area contributed by atoms with E-state index in [1.165, 1.54) is 0 Å². The van der Waals surface area contributed by atoms with Crippen LogP contribution in [-0.4, -0.2) is 61.2 Å². The van der Waals surface area contributed by atoms with Gasteiger partial charge in [-0.2, -0.15) is 0 Å². The molecule has 2 unspecified atom stereocenters. The SMILES string of the molecule is COC1CNC(C(=O)NC(CO)CO)C1. The fraction of sp³-hybridized carbons (Fsp3) is 0.889. The van der Waals surface area contributed by atoms with E-state index < -0.39 is 6.04 Å². The normalized spacial score (nSPS) is 25.9. The predicted molar refractivity (Wildman–Crippen MR) is 53.3 cm³/mol. The Kier molecular flexibility index (Phi) is 4.97. The van der Waals surface area contributed by atoms with Crippen molar-refractivity contribution in [2.45, 2.75) is 24.6 Å². The second-order valence-corrected chi connectivity index (χ2v) is 3.62. The summed E-state index contributed by atoms with van der Waals surface area (Å²) in [6, 6.07) is -0.878. The largest absolute Gasteiger partial charge is 0.394 e. The molecule has 2 atom stereocenters. The average Bonchev–Trinajstić information content (AvgIpc) is 2.74. The number of carbonyl (C=O) groups is 1. The molecule has 1 aliphatic heterocycles. The van der Waals surface area contributed by atoms with Gasteiger partial charge in [0.15, 0.2) is 0 Å². The van der Waals surface area contributed by atoms with Gasteiger partial charge in [0.2, 0.25) is 5.91 Å². The minimum atomic E-state index is -0.583. The van der Waals surface area contributed by atoms with Crippen molar-refractivity contribution in [2.75, 3.05) is 26.9 Å². The van der Waals surface area contributed by atoms with Gasteiger partial charge < -0.3 is 25.6 Å². The summed E-state index contributed by atoms with van der Waals surface area (Å²) in [5, 5.41) is 23.1. The van der Waals surface area contributed by atoms with E-state index in [4.69, 9.17) is 14.9 Å². The third kappa shape index (κ3) is 3.42. The Balaban J connectivity index is 2.34. The Labute approximate surface area is 88.6 Å². The quantitative estimate of drug-likeness (QED) is 0.422. The lowest BCUT2D eigenvalue weighted by atomic mass is 10.2. The van der Waals surface area contributed by atoms with Crippen molar-refractivity contribution in [1.29, 1.82) is 0 Å². The first-order valence-electron chi connectivity index (χ1n) is 4.99. The van der Waals surface area contributed by atoms with E-state index in [2.05, 4.69) is 10.6 Å². The van der Waals surface area contributed by atoms with Crippen LogP contribution < -0.4 is 10.6 Å². The molecule has 6 nitrogen and oxygen atoms in total. The maximum Gasteiger partial charge on any atom is 0.237 e. The second kappa shape index (κ2) is 6.02. The van der Waals surface area contributed by atoms with Crippen molar-refractivity contribution < 1.29 is 19.7 Å². The maximum absolute atomic E-state index is 11.6. The molecule has 1 heterocycles. The predicted octanol–water partition coefficient (Wildman–Crippen LogP) is -2.17. The van der Waals surface area contributed by atoms with Crippen LogP contribution in [0.4, 0.5) is 0 Å². The molecule has 0 bridgehead atoms. The fourth-order valence-corrected chi connectivity index (χ4v) is 1.53. The van der Waals surface area contributed by atoms with Crippen LogP contribution in [0.3, 0.4) is 0 Å². The van der Waals surface area contributed by atoms with Gasteiger partial charge >= 0.3 is 0 Å². The van der Waals surface area contributed by atoms with Crippen molar-refractivity contribution in [2.24, 2.45) is 0 Å². The number of methoxy groups -OCH3 is 1. The molecule has 4 N–H and O–H groups in total. The molecule has 15 heavy (non-hydrogen) atoms. The highest BCUT2D eigenvalue weighted by atomic mass is 16.5. The van der Waals surface area contributed by atoms with Gasteiger partial charge in [0.05, 0.1) is 31.4 Å². The summed E-state index contributed by atoms with van der Waals surface area (Å²) in [5.41, 5.74) is 0. The molecule has 1 aliphatic rings. The van der Waals surface area contributed by atoms with Crippen molar-refractivity contribution >= 4 is 5.91 Å². The number of aliphatic hydroxyl groups excluding tert-OH is 2. The van der Waals surface area contributed by atoms with Crippen molar-refractivity contribution in [1.82, 2.24) is 10.6 Å². The summed E-state index contributed by atoms with van der Waals surface area (Å²) in [6.45, 7) is 0.128. The Hall–Kier alpha value is -0.690. The van der Waals surface area contributed by atoms with Crippen LogP contribution in [0.5, 0.6) is 0 Å². The number of amides is 1. The number of hydrogen-bond donors (Lipinski definition) is 4. The molecule has 6 heteroatoms. The van der Waals surface area contributed by atoms with Crippen molar-refractivity contribution in [3.8, 4) is 0 Å². The summed E-state index contributed by atoms with van der Waals surface area (Å²) < 4.78 is 5.11. The molecular formula is C9H18N2O4. The highest BCUT2D eigenvalue weighted by molar-refractivity contribution is 5.82. The monoisotopic (exact) mass is 218 g/mol. The molecule has 1 amide bonds. The molecule has 0 radical (unpaired) electrons. The van der Waals surface area contributed by atoms with Crippen LogP contribution in [0.15, 0.2) is 0 Å². The maximum atomic E-state index is 11.6. The summed E-state index contributed by atoms with van der Waals surface area (Å²) in [7, 11) is 1.61. The Bertz CT molecular complexity index is 208. The lowest BCUT2D eigenvalue weighted by Crippen LogP contribution is -2.47. The first-order valence-corrected chi connectivity index (χ1v) is 4.99. The highest BCUT2D eigenvalue weighted by Crippen LogP contribution is 2.09. The average molecular weight is 218 g/mol. The van der Waals surface area contributed by atoms with Crippen LogP contribution in [0.25, 0.3) is 0 Å². The standard InChI is InChI=1S/C9H18N2O4/c1-15-7-2-8(10-3-7)9(14)11-6(4-12)5-13/h6-8,10,12-13H,2-5H2,1H3,(H,11,14). The van der Waals surface area contributed by atoms with Crippen LogP contribution >= 0.6 is 0 Å². The third-order valence-electron chi connectivity index (χ3n) is 2.53. The summed E-state index contributed by atoms with van der Waals surface area (Å²) in [5.74, 6) is -0.206. The van der Waals surface area contributed by atoms with E-state index in [0.717, 1.165) is 0 Å². The van der Waals surface area contributed by atoms with Crippen LogP contribution in [-0.2, 0) is 9.53 Å². The van der Waals surface area contributed by atoms with Crippen molar-refractivity contribution in [3.63, 3.8) is 0 Å². The van der Waals surface area contributed by atoms with E-state index in [1.807, 2.05) is 0 Å². The van der Waals surface area contributed by atoms with E-state index in [-0.39, 0.29) is 31.3 Å². The molecule has 1 fully saturated rings. The highest BCUT2D eigenvalue weighted by Gasteiger charge is 2.30. The molecule has 0 aliphatic carbocycles. The molecule has 0 aromatic heterocycles. The molecule has 1 saturated heterocycles. The summed E-state index contributed by atoms with van der Waals surface area (Å²) >= 11 is 0. The van der Waals surface area contributed by atoms with Crippen LogP contribution in [0.1, 0.15) is 6.42 Å². The lowest BCUT2D eigenvalue weighted by molar-refractivity contribution is -0.124. The van der Waals surface area contributed by atoms with Gasteiger partial charge in [-0.15, -0.1) is 0 Å². The number of ether oxygens (including phenoxy) is 1. The first-order chi connectivity index (χ1) is 7.21. The smallest absolute Gasteiger partial charge is 0.237 e. The molecule has 0 aromatic rings. The van der Waals surface area contributed by atoms with Gasteiger partial charge in [0.1, 0.15) is 0 Å². The molecule has 1 rings (SSSR count). The summed E-state index contributed by atoms with van der Waals surface area (Å²) in [6.07, 6.45) is 0.675. The number of hydrogen-bond acceptors (Lipinski definition) is 5. The lowest BCUT2D eigenvalue weighted by Gasteiger charge is -2.16. The Morgan fingerprint density at radius 3 is 2.73 bits per heavy atom. The van der Waals surface area contributed by atoms with Gasteiger partial charge in [-0.1, -0.05) is 0 Å². The van der Waals surface area contributed by atoms with E-state index in [0.29, 0.717) is 13.0 Å². The third-order valence-corrected chi connectivity index (χ3v) is 2.53. The number of carbonyl (C=O) groups excluding carboxylic acids is 1. The number of rotatable bonds is 5. The van der Waals surface area contributed by atoms with Gasteiger partial charge in [-0.3, -0.25) is 4.79 Å². The number of aliphatic hydroxyl groups is 2. The Morgan fingerprint density at radius 1 is 1.60 bits per heavy atom. The van der Waals surface area contributed by atoms with Crippen molar-refractivity contribution in [3.05, 3.63) is 0 Å². The van der Waals surface area contributed by atoms with E-state index >= 15 is 0 Å². The van der Waals surface area contributed by atoms with Crippen LogP contribution in [0, 0.1) is 0 Å². The van der Waals surface area contributed by atoms with E-state index in [1.54, 1.807) is 7.11 Å². The minimum Gasteiger partial charge on any atom is -0.394 e.